The van der Waals surface area contributed by atoms with Gasteiger partial charge in [0.1, 0.15) is 5.56 Å². The highest BCUT2D eigenvalue weighted by Gasteiger charge is 2.27. The van der Waals surface area contributed by atoms with Crippen LogP contribution in [0, 0.1) is 0 Å². The predicted octanol–water partition coefficient (Wildman–Crippen LogP) is 2.48. The zero-order valence-electron chi connectivity index (χ0n) is 18.2. The second-order valence-corrected chi connectivity index (χ2v) is 7.50. The molecule has 2 aromatic carbocycles. The van der Waals surface area contributed by atoms with Gasteiger partial charge in [0.25, 0.3) is 5.56 Å². The largest absolute Gasteiger partial charge is 0.494 e. The van der Waals surface area contributed by atoms with Crippen LogP contribution in [-0.4, -0.2) is 34.2 Å². The molecule has 0 aliphatic carbocycles. The molecule has 166 valence electrons. The monoisotopic (exact) mass is 436 g/mol. The van der Waals surface area contributed by atoms with Gasteiger partial charge < -0.3 is 19.9 Å². The number of fused-ring (bicyclic) bond motifs is 1. The quantitative estimate of drug-likeness (QED) is 0.651. The van der Waals surface area contributed by atoms with Crippen LogP contribution < -0.4 is 26.0 Å². The summed E-state index contributed by atoms with van der Waals surface area (Å²) in [6.07, 6.45) is 0.283. The lowest BCUT2D eigenvalue weighted by molar-refractivity contribution is 0.354. The molecule has 1 aliphatic rings. The fourth-order valence-corrected chi connectivity index (χ4v) is 3.83. The summed E-state index contributed by atoms with van der Waals surface area (Å²) < 4.78 is 12.8. The molecule has 2 heterocycles. The third-order valence-electron chi connectivity index (χ3n) is 5.62. The van der Waals surface area contributed by atoms with Gasteiger partial charge in [0.15, 0.2) is 11.5 Å². The third kappa shape index (κ3) is 3.51. The van der Waals surface area contributed by atoms with Crippen LogP contribution in [0.3, 0.4) is 0 Å². The van der Waals surface area contributed by atoms with E-state index in [0.29, 0.717) is 22.9 Å². The molecule has 0 radical (unpaired) electrons. The van der Waals surface area contributed by atoms with E-state index < -0.39 is 17.1 Å². The van der Waals surface area contributed by atoms with Gasteiger partial charge in [0.05, 0.1) is 37.3 Å². The summed E-state index contributed by atoms with van der Waals surface area (Å²) in [7, 11) is 5.93. The summed E-state index contributed by atoms with van der Waals surface area (Å²) >= 11 is 0. The first-order chi connectivity index (χ1) is 15.3. The average Bonchev–Trinajstić information content (AvgIpc) is 3.00. The van der Waals surface area contributed by atoms with Crippen LogP contribution in [0.5, 0.6) is 17.4 Å². The topological polar surface area (TPSA) is 107 Å². The van der Waals surface area contributed by atoms with Gasteiger partial charge in [-0.05, 0) is 29.8 Å². The summed E-state index contributed by atoms with van der Waals surface area (Å²) in [5.41, 5.74) is 1.45. The molecular formula is C23H24N4O5. The number of hydrogen-bond acceptors (Lipinski definition) is 7. The number of anilines is 1. The van der Waals surface area contributed by atoms with E-state index in [1.165, 1.54) is 14.1 Å². The van der Waals surface area contributed by atoms with Gasteiger partial charge in [0.2, 0.25) is 5.88 Å². The highest BCUT2D eigenvalue weighted by molar-refractivity contribution is 6.05. The molecule has 0 spiro atoms. The van der Waals surface area contributed by atoms with Crippen LogP contribution in [0.15, 0.2) is 57.0 Å². The molecule has 9 heteroatoms. The number of nitrogens with zero attached hydrogens (tertiary/aromatic N) is 3. The summed E-state index contributed by atoms with van der Waals surface area (Å²) in [4.78, 5) is 29.9. The standard InChI is InChI=1S/C23H24N4O5/c1-26-21(28)20(22(29)27(2)23(26)30)17-12-16(24-14-7-5-6-8-15(14)25-17)13-9-10-18(31-3)19(11-13)32-4/h5-11,16,24,28H,12H2,1-4H3/t16-/m0/s1. The van der Waals surface area contributed by atoms with Gasteiger partial charge in [-0.2, -0.15) is 0 Å². The predicted molar refractivity (Wildman–Crippen MR) is 122 cm³/mol. The Morgan fingerprint density at radius 2 is 1.75 bits per heavy atom. The zero-order chi connectivity index (χ0) is 23.0. The van der Waals surface area contributed by atoms with Gasteiger partial charge in [-0.15, -0.1) is 0 Å². The molecule has 0 fully saturated rings. The molecule has 1 aliphatic heterocycles. The van der Waals surface area contributed by atoms with Crippen molar-refractivity contribution in [1.29, 1.82) is 0 Å². The number of methoxy groups -OCH3 is 2. The van der Waals surface area contributed by atoms with Crippen LogP contribution in [0.2, 0.25) is 0 Å². The van der Waals surface area contributed by atoms with Crippen molar-refractivity contribution in [1.82, 2.24) is 9.13 Å². The van der Waals surface area contributed by atoms with Crippen molar-refractivity contribution >= 4 is 17.1 Å². The summed E-state index contributed by atoms with van der Waals surface area (Å²) in [6.45, 7) is 0. The van der Waals surface area contributed by atoms with Crippen LogP contribution in [0.25, 0.3) is 0 Å². The molecule has 0 bridgehead atoms. The molecule has 0 saturated carbocycles. The molecule has 0 amide bonds. The Bertz CT molecular complexity index is 1340. The highest BCUT2D eigenvalue weighted by Crippen LogP contribution is 2.38. The average molecular weight is 436 g/mol. The summed E-state index contributed by atoms with van der Waals surface area (Å²) in [5.74, 6) is 0.759. The molecule has 32 heavy (non-hydrogen) atoms. The number of aromatic nitrogens is 2. The van der Waals surface area contributed by atoms with Crippen molar-refractivity contribution in [3.63, 3.8) is 0 Å². The maximum Gasteiger partial charge on any atom is 0.333 e. The second-order valence-electron chi connectivity index (χ2n) is 7.50. The molecule has 4 rings (SSSR count). The van der Waals surface area contributed by atoms with Crippen LogP contribution in [0.1, 0.15) is 23.6 Å². The van der Waals surface area contributed by atoms with Crippen LogP contribution >= 0.6 is 0 Å². The first kappa shape index (κ1) is 21.2. The summed E-state index contributed by atoms with van der Waals surface area (Å²) in [6, 6.07) is 12.7. The maximum absolute atomic E-state index is 13.0. The Kier molecular flexibility index (Phi) is 5.48. The molecule has 3 aromatic rings. The Morgan fingerprint density at radius 3 is 2.47 bits per heavy atom. The first-order valence-corrected chi connectivity index (χ1v) is 10.00. The number of nitrogens with one attached hydrogen (secondary N) is 1. The number of aliphatic imine (C=N–C) groups is 1. The minimum Gasteiger partial charge on any atom is -0.494 e. The fourth-order valence-electron chi connectivity index (χ4n) is 3.83. The molecule has 9 nitrogen and oxygen atoms in total. The number of rotatable bonds is 4. The number of para-hydroxylation sites is 2. The van der Waals surface area contributed by atoms with E-state index in [-0.39, 0.29) is 18.0 Å². The van der Waals surface area contributed by atoms with Crippen LogP contribution in [0.4, 0.5) is 11.4 Å². The van der Waals surface area contributed by atoms with E-state index in [4.69, 9.17) is 14.5 Å². The van der Waals surface area contributed by atoms with Crippen molar-refractivity contribution in [2.24, 2.45) is 19.1 Å². The van der Waals surface area contributed by atoms with E-state index in [1.54, 1.807) is 14.2 Å². The van der Waals surface area contributed by atoms with Gasteiger partial charge in [-0.1, -0.05) is 18.2 Å². The van der Waals surface area contributed by atoms with Gasteiger partial charge in [-0.3, -0.25) is 18.9 Å². The Labute approximate surface area is 184 Å². The maximum atomic E-state index is 13.0. The number of ether oxygens (including phenoxy) is 2. The lowest BCUT2D eigenvalue weighted by Gasteiger charge is -2.21. The summed E-state index contributed by atoms with van der Waals surface area (Å²) in [5, 5.41) is 14.2. The molecule has 2 N–H and O–H groups in total. The molecule has 1 atom stereocenters. The first-order valence-electron chi connectivity index (χ1n) is 10.00. The SMILES string of the molecule is COc1ccc([C@@H]2CC(c3c(O)n(C)c(=O)n(C)c3=O)=Nc3ccccc3N2)cc1OC. The van der Waals surface area contributed by atoms with Gasteiger partial charge in [-0.25, -0.2) is 4.79 Å². The fraction of sp³-hybridized carbons (Fsp3) is 0.261. The molecule has 0 unspecified atom stereocenters. The minimum absolute atomic E-state index is 0.00132. The van der Waals surface area contributed by atoms with Crippen molar-refractivity contribution in [2.75, 3.05) is 19.5 Å². The van der Waals surface area contributed by atoms with Crippen molar-refractivity contribution < 1.29 is 14.6 Å². The minimum atomic E-state index is -0.611. The van der Waals surface area contributed by atoms with Gasteiger partial charge in [0, 0.05) is 20.5 Å². The van der Waals surface area contributed by atoms with E-state index in [1.807, 2.05) is 42.5 Å². The lowest BCUT2D eigenvalue weighted by Crippen LogP contribution is -2.40. The molecule has 0 saturated heterocycles. The van der Waals surface area contributed by atoms with E-state index in [9.17, 15) is 14.7 Å². The molecule has 1 aromatic heterocycles. The lowest BCUT2D eigenvalue weighted by atomic mass is 9.97. The van der Waals surface area contributed by atoms with E-state index in [2.05, 4.69) is 5.32 Å². The van der Waals surface area contributed by atoms with Crippen molar-refractivity contribution in [2.45, 2.75) is 12.5 Å². The normalized spacial score (nSPS) is 15.2. The highest BCUT2D eigenvalue weighted by atomic mass is 16.5. The van der Waals surface area contributed by atoms with E-state index >= 15 is 0 Å². The Balaban J connectivity index is 1.91. The number of benzene rings is 2. The molecular weight excluding hydrogens is 412 g/mol. The van der Waals surface area contributed by atoms with Gasteiger partial charge >= 0.3 is 5.69 Å². The smallest absolute Gasteiger partial charge is 0.333 e. The number of aromatic hydroxyl groups is 1. The second kappa shape index (κ2) is 8.26. The Hall–Kier alpha value is -4.01. The van der Waals surface area contributed by atoms with E-state index in [0.717, 1.165) is 20.4 Å². The van der Waals surface area contributed by atoms with Crippen molar-refractivity contribution in [3.05, 3.63) is 74.4 Å². The zero-order valence-corrected chi connectivity index (χ0v) is 18.2. The number of hydrogen-bond donors (Lipinski definition) is 2. The van der Waals surface area contributed by atoms with Crippen LogP contribution in [-0.2, 0) is 14.1 Å². The third-order valence-corrected chi connectivity index (χ3v) is 5.62. The van der Waals surface area contributed by atoms with Crippen molar-refractivity contribution in [3.8, 4) is 17.4 Å². The Morgan fingerprint density at radius 1 is 1.03 bits per heavy atom.